The molecule has 0 aromatic heterocycles. The summed E-state index contributed by atoms with van der Waals surface area (Å²) >= 11 is 0. The second-order valence-corrected chi connectivity index (χ2v) is 7.06. The van der Waals surface area contributed by atoms with Crippen molar-refractivity contribution >= 4 is 5.97 Å². The lowest BCUT2D eigenvalue weighted by atomic mass is 9.83. The zero-order chi connectivity index (χ0) is 20.6. The minimum atomic E-state index is -6.02. The monoisotopic (exact) mass is 392 g/mol. The van der Waals surface area contributed by atoms with E-state index in [1.54, 1.807) is 0 Å². The molecular formula is C16H22F6O4. The largest absolute Gasteiger partial charge is 0.459 e. The first-order valence-corrected chi connectivity index (χ1v) is 7.88. The fourth-order valence-corrected chi connectivity index (χ4v) is 3.07. The van der Waals surface area contributed by atoms with Gasteiger partial charge in [-0.3, -0.25) is 0 Å². The molecule has 1 N–H and O–H groups in total. The van der Waals surface area contributed by atoms with Crippen molar-refractivity contribution in [1.29, 1.82) is 0 Å². The van der Waals surface area contributed by atoms with Gasteiger partial charge in [0.25, 0.3) is 5.60 Å². The number of rotatable bonds is 6. The average Bonchev–Trinajstić information content (AvgIpc) is 2.89. The molecule has 0 amide bonds. The predicted molar refractivity (Wildman–Crippen MR) is 79.2 cm³/mol. The van der Waals surface area contributed by atoms with E-state index in [1.165, 1.54) is 6.92 Å². The zero-order valence-electron chi connectivity index (χ0n) is 14.7. The third-order valence-corrected chi connectivity index (χ3v) is 4.49. The van der Waals surface area contributed by atoms with E-state index in [2.05, 4.69) is 6.58 Å². The van der Waals surface area contributed by atoms with E-state index < -0.39 is 41.7 Å². The van der Waals surface area contributed by atoms with Crippen LogP contribution in [0.15, 0.2) is 12.2 Å². The first-order chi connectivity index (χ1) is 11.5. The highest BCUT2D eigenvalue weighted by molar-refractivity contribution is 5.86. The van der Waals surface area contributed by atoms with Gasteiger partial charge in [-0.05, 0) is 33.6 Å². The Hall–Kier alpha value is -1.29. The van der Waals surface area contributed by atoms with Gasteiger partial charge < -0.3 is 14.6 Å². The molecule has 0 aliphatic heterocycles. The summed E-state index contributed by atoms with van der Waals surface area (Å²) in [5, 5.41) is 9.66. The Bertz CT molecular complexity index is 530. The van der Waals surface area contributed by atoms with E-state index in [9.17, 15) is 36.2 Å². The number of carbonyl (C=O) groups excluding carboxylic acids is 1. The summed E-state index contributed by atoms with van der Waals surface area (Å²) in [6, 6.07) is 0. The van der Waals surface area contributed by atoms with Gasteiger partial charge in [0.15, 0.2) is 0 Å². The van der Waals surface area contributed by atoms with Crippen LogP contribution in [0.3, 0.4) is 0 Å². The molecule has 1 saturated carbocycles. The molecule has 0 atom stereocenters. The standard InChI is InChI=1S/C16H22F6O4/c1-10(2)11(23)25-9-13(7-5-6-8-13)26-12(3,4)14(24,15(17,18)19)16(20,21)22/h24H,1,5-9H2,2-4H3. The molecule has 0 bridgehead atoms. The SMILES string of the molecule is C=C(C)C(=O)OCC1(OC(C)(C)C(O)(C(F)(F)F)C(F)(F)F)CCCC1. The summed E-state index contributed by atoms with van der Waals surface area (Å²) in [5.74, 6) is -0.834. The van der Waals surface area contributed by atoms with Crippen LogP contribution in [0.4, 0.5) is 26.3 Å². The summed E-state index contributed by atoms with van der Waals surface area (Å²) < 4.78 is 89.2. The normalized spacial score (nSPS) is 18.7. The van der Waals surface area contributed by atoms with Gasteiger partial charge >= 0.3 is 18.3 Å². The fraction of sp³-hybridized carbons (Fsp3) is 0.812. The van der Waals surface area contributed by atoms with Gasteiger partial charge in [-0.25, -0.2) is 4.79 Å². The number of esters is 1. The maximum Gasteiger partial charge on any atom is 0.429 e. The topological polar surface area (TPSA) is 55.8 Å². The molecule has 0 saturated heterocycles. The molecule has 1 rings (SSSR count). The first-order valence-electron chi connectivity index (χ1n) is 7.88. The molecule has 4 nitrogen and oxygen atoms in total. The van der Waals surface area contributed by atoms with Crippen LogP contribution in [0.25, 0.3) is 0 Å². The Balaban J connectivity index is 3.19. The van der Waals surface area contributed by atoms with Crippen molar-refractivity contribution < 1.29 is 45.7 Å². The van der Waals surface area contributed by atoms with E-state index in [1.807, 2.05) is 0 Å². The summed E-state index contributed by atoms with van der Waals surface area (Å²) in [6.45, 7) is 5.21. The van der Waals surface area contributed by atoms with Crippen molar-refractivity contribution in [1.82, 2.24) is 0 Å². The summed E-state index contributed by atoms with van der Waals surface area (Å²) in [5.41, 5.74) is -9.71. The molecular weight excluding hydrogens is 370 g/mol. The van der Waals surface area contributed by atoms with Crippen LogP contribution in [0.5, 0.6) is 0 Å². The third kappa shape index (κ3) is 4.16. The maximum atomic E-state index is 13.2. The number of hydrogen-bond acceptors (Lipinski definition) is 4. The molecule has 0 spiro atoms. The number of halogens is 6. The average molecular weight is 392 g/mol. The Morgan fingerprint density at radius 3 is 1.85 bits per heavy atom. The van der Waals surface area contributed by atoms with E-state index in [0.29, 0.717) is 26.7 Å². The van der Waals surface area contributed by atoms with Gasteiger partial charge in [-0.2, -0.15) is 26.3 Å². The van der Waals surface area contributed by atoms with Crippen molar-refractivity contribution in [2.24, 2.45) is 0 Å². The number of hydrogen-bond donors (Lipinski definition) is 1. The molecule has 152 valence electrons. The van der Waals surface area contributed by atoms with Gasteiger partial charge in [0, 0.05) is 5.57 Å². The van der Waals surface area contributed by atoms with E-state index in [4.69, 9.17) is 9.47 Å². The molecule has 0 aromatic rings. The van der Waals surface area contributed by atoms with Gasteiger partial charge in [-0.1, -0.05) is 19.4 Å². The number of alkyl halides is 6. The first kappa shape index (κ1) is 22.8. The molecule has 0 radical (unpaired) electrons. The van der Waals surface area contributed by atoms with E-state index in [-0.39, 0.29) is 18.4 Å². The molecule has 0 aromatic carbocycles. The minimum Gasteiger partial charge on any atom is -0.459 e. The Labute approximate surface area is 147 Å². The quantitative estimate of drug-likeness (QED) is 0.421. The van der Waals surface area contributed by atoms with Crippen LogP contribution >= 0.6 is 0 Å². The zero-order valence-corrected chi connectivity index (χ0v) is 14.7. The smallest absolute Gasteiger partial charge is 0.429 e. The van der Waals surface area contributed by atoms with Gasteiger partial charge in [0.05, 0.1) is 0 Å². The molecule has 0 heterocycles. The highest BCUT2D eigenvalue weighted by atomic mass is 19.4. The lowest BCUT2D eigenvalue weighted by Crippen LogP contribution is -2.71. The lowest BCUT2D eigenvalue weighted by Gasteiger charge is -2.47. The second kappa shape index (κ2) is 7.03. The van der Waals surface area contributed by atoms with Crippen molar-refractivity contribution in [3.63, 3.8) is 0 Å². The van der Waals surface area contributed by atoms with Gasteiger partial charge in [0.2, 0.25) is 0 Å². The van der Waals surface area contributed by atoms with Crippen LogP contribution in [0.2, 0.25) is 0 Å². The highest BCUT2D eigenvalue weighted by Crippen LogP contribution is 2.52. The highest BCUT2D eigenvalue weighted by Gasteiger charge is 2.78. The Kier molecular flexibility index (Phi) is 6.15. The van der Waals surface area contributed by atoms with Gasteiger partial charge in [0.1, 0.15) is 17.8 Å². The van der Waals surface area contributed by atoms with Gasteiger partial charge in [-0.15, -0.1) is 0 Å². The number of carbonyl (C=O) groups is 1. The van der Waals surface area contributed by atoms with E-state index >= 15 is 0 Å². The van der Waals surface area contributed by atoms with Crippen molar-refractivity contribution in [2.45, 2.75) is 75.6 Å². The van der Waals surface area contributed by atoms with E-state index in [0.717, 1.165) is 0 Å². The van der Waals surface area contributed by atoms with Crippen molar-refractivity contribution in [2.75, 3.05) is 6.61 Å². The molecule has 1 aliphatic rings. The fourth-order valence-electron chi connectivity index (χ4n) is 3.07. The van der Waals surface area contributed by atoms with Crippen LogP contribution in [-0.2, 0) is 14.3 Å². The van der Waals surface area contributed by atoms with Crippen LogP contribution in [-0.4, -0.2) is 46.8 Å². The summed E-state index contributed by atoms with van der Waals surface area (Å²) in [6.07, 6.45) is -10.9. The number of ether oxygens (including phenoxy) is 2. The van der Waals surface area contributed by atoms with Crippen LogP contribution in [0, 0.1) is 0 Å². The summed E-state index contributed by atoms with van der Waals surface area (Å²) in [4.78, 5) is 11.5. The Morgan fingerprint density at radius 1 is 1.08 bits per heavy atom. The molecule has 26 heavy (non-hydrogen) atoms. The second-order valence-electron chi connectivity index (χ2n) is 7.06. The van der Waals surface area contributed by atoms with Crippen molar-refractivity contribution in [3.05, 3.63) is 12.2 Å². The molecule has 1 aliphatic carbocycles. The van der Waals surface area contributed by atoms with Crippen molar-refractivity contribution in [3.8, 4) is 0 Å². The number of aliphatic hydroxyl groups is 1. The third-order valence-electron chi connectivity index (χ3n) is 4.49. The lowest BCUT2D eigenvalue weighted by molar-refractivity contribution is -0.421. The minimum absolute atomic E-state index is 0.0273. The maximum absolute atomic E-state index is 13.2. The molecule has 0 unspecified atom stereocenters. The Morgan fingerprint density at radius 2 is 1.50 bits per heavy atom. The molecule has 1 fully saturated rings. The van der Waals surface area contributed by atoms with Crippen LogP contribution in [0.1, 0.15) is 46.5 Å². The summed E-state index contributed by atoms with van der Waals surface area (Å²) in [7, 11) is 0. The van der Waals surface area contributed by atoms with Crippen LogP contribution < -0.4 is 0 Å². The molecule has 10 heteroatoms. The predicted octanol–water partition coefficient (Wildman–Crippen LogP) is 4.07.